The van der Waals surface area contributed by atoms with E-state index in [1.54, 1.807) is 0 Å². The van der Waals surface area contributed by atoms with Crippen LogP contribution < -0.4 is 0 Å². The van der Waals surface area contributed by atoms with Gasteiger partial charge in [-0.1, -0.05) is 0 Å². The van der Waals surface area contributed by atoms with Gasteiger partial charge in [0.05, 0.1) is 6.54 Å². The Hall–Kier alpha value is -0.610. The van der Waals surface area contributed by atoms with Gasteiger partial charge in [0.2, 0.25) is 0 Å². The van der Waals surface area contributed by atoms with Crippen LogP contribution in [0, 0.1) is 5.21 Å². The van der Waals surface area contributed by atoms with E-state index in [9.17, 15) is 10.0 Å². The molecular formula is C3H6NO3-. The third-order valence-electron chi connectivity index (χ3n) is 0.358. The van der Waals surface area contributed by atoms with Crippen LogP contribution in [-0.2, 0) is 4.79 Å². The van der Waals surface area contributed by atoms with Crippen molar-refractivity contribution in [3.05, 3.63) is 5.21 Å². The SMILES string of the molecule is CN([O-])CC(=O)O. The zero-order valence-corrected chi connectivity index (χ0v) is 3.92. The molecule has 0 aromatic rings. The standard InChI is InChI=1S/C3H6NO3/c1-4(7)2-3(5)6/h2H2,1H3,(H,5,6)/q-1. The van der Waals surface area contributed by atoms with Crippen LogP contribution in [0.4, 0.5) is 0 Å². The van der Waals surface area contributed by atoms with Gasteiger partial charge in [0.25, 0.3) is 0 Å². The number of likely N-dealkylation sites (N-methyl/N-ethyl adjacent to an activating group) is 1. The highest BCUT2D eigenvalue weighted by Gasteiger charge is 1.90. The second-order valence-corrected chi connectivity index (χ2v) is 1.18. The molecule has 0 aromatic carbocycles. The zero-order chi connectivity index (χ0) is 5.86. The molecule has 0 aromatic heterocycles. The largest absolute Gasteiger partial charge is 0.785 e. The maximum absolute atomic E-state index is 9.79. The molecule has 42 valence electrons. The molecule has 4 nitrogen and oxygen atoms in total. The van der Waals surface area contributed by atoms with E-state index >= 15 is 0 Å². The van der Waals surface area contributed by atoms with Crippen LogP contribution in [0.5, 0.6) is 0 Å². The fourth-order valence-electron chi connectivity index (χ4n) is 0.190. The summed E-state index contributed by atoms with van der Waals surface area (Å²) in [4.78, 5) is 9.57. The van der Waals surface area contributed by atoms with Gasteiger partial charge in [-0.15, -0.1) is 0 Å². The highest BCUT2D eigenvalue weighted by Crippen LogP contribution is 1.71. The minimum atomic E-state index is -1.10. The van der Waals surface area contributed by atoms with Crippen molar-refractivity contribution in [2.75, 3.05) is 13.6 Å². The van der Waals surface area contributed by atoms with E-state index in [0.29, 0.717) is 5.06 Å². The predicted octanol–water partition coefficient (Wildman–Crippen LogP) is -0.499. The Bertz CT molecular complexity index is 70.6. The summed E-state index contributed by atoms with van der Waals surface area (Å²) < 4.78 is 0. The molecule has 0 rings (SSSR count). The van der Waals surface area contributed by atoms with Crippen molar-refractivity contribution in [2.24, 2.45) is 0 Å². The fourth-order valence-corrected chi connectivity index (χ4v) is 0.190. The van der Waals surface area contributed by atoms with E-state index < -0.39 is 12.5 Å². The summed E-state index contributed by atoms with van der Waals surface area (Å²) in [6.45, 7) is -0.444. The van der Waals surface area contributed by atoms with Gasteiger partial charge in [0.15, 0.2) is 0 Å². The van der Waals surface area contributed by atoms with E-state index in [2.05, 4.69) is 0 Å². The molecule has 1 N–H and O–H groups in total. The molecule has 0 bridgehead atoms. The van der Waals surface area contributed by atoms with Gasteiger partial charge in [-0.25, -0.2) is 0 Å². The van der Waals surface area contributed by atoms with Crippen molar-refractivity contribution in [1.29, 1.82) is 0 Å². The third-order valence-corrected chi connectivity index (χ3v) is 0.358. The second-order valence-electron chi connectivity index (χ2n) is 1.18. The summed E-state index contributed by atoms with van der Waals surface area (Å²) in [5, 5.41) is 18.0. The van der Waals surface area contributed by atoms with Crippen LogP contribution in [-0.4, -0.2) is 29.7 Å². The molecule has 0 radical (unpaired) electrons. The minimum Gasteiger partial charge on any atom is -0.785 e. The van der Waals surface area contributed by atoms with Crippen LogP contribution in [0.2, 0.25) is 0 Å². The molecule has 0 aliphatic rings. The van der Waals surface area contributed by atoms with Gasteiger partial charge >= 0.3 is 5.97 Å². The summed E-state index contributed by atoms with van der Waals surface area (Å²) in [5.41, 5.74) is 0. The number of hydroxylamine groups is 2. The predicted molar refractivity (Wildman–Crippen MR) is 23.6 cm³/mol. The number of rotatable bonds is 2. The number of hydrogen-bond acceptors (Lipinski definition) is 3. The molecule has 0 saturated carbocycles. The highest BCUT2D eigenvalue weighted by atomic mass is 16.5. The van der Waals surface area contributed by atoms with E-state index in [0.717, 1.165) is 7.05 Å². The van der Waals surface area contributed by atoms with Gasteiger partial charge in [-0.3, -0.25) is 4.79 Å². The van der Waals surface area contributed by atoms with Crippen molar-refractivity contribution in [2.45, 2.75) is 0 Å². The number of carboxylic acids is 1. The first-order valence-corrected chi connectivity index (χ1v) is 1.73. The normalized spacial score (nSPS) is 9.57. The van der Waals surface area contributed by atoms with Gasteiger partial charge in [-0.05, 0) is 7.05 Å². The van der Waals surface area contributed by atoms with Gasteiger partial charge < -0.3 is 15.4 Å². The van der Waals surface area contributed by atoms with Gasteiger partial charge in [0.1, 0.15) is 0 Å². The van der Waals surface area contributed by atoms with Crippen LogP contribution in [0.3, 0.4) is 0 Å². The summed E-state index contributed by atoms with van der Waals surface area (Å²) in [6.07, 6.45) is 0. The molecule has 0 aliphatic heterocycles. The summed E-state index contributed by atoms with van der Waals surface area (Å²) >= 11 is 0. The smallest absolute Gasteiger partial charge is 0.316 e. The highest BCUT2D eigenvalue weighted by molar-refractivity contribution is 5.69. The van der Waals surface area contributed by atoms with Crippen LogP contribution in [0.15, 0.2) is 0 Å². The minimum absolute atomic E-state index is 0.350. The van der Waals surface area contributed by atoms with Crippen molar-refractivity contribution < 1.29 is 9.90 Å². The first kappa shape index (κ1) is 6.39. The molecule has 0 fully saturated rings. The van der Waals surface area contributed by atoms with Crippen molar-refractivity contribution in [3.63, 3.8) is 0 Å². The Morgan fingerprint density at radius 3 is 2.43 bits per heavy atom. The molecule has 4 heteroatoms. The average Bonchev–Trinajstić information content (AvgIpc) is 1.27. The second kappa shape index (κ2) is 2.54. The number of aliphatic carboxylic acids is 1. The third kappa shape index (κ3) is 5.39. The van der Waals surface area contributed by atoms with E-state index in [1.807, 2.05) is 0 Å². The number of carboxylic acid groups (broad SMARTS) is 1. The number of nitrogens with zero attached hydrogens (tertiary/aromatic N) is 1. The number of hydrogen-bond donors (Lipinski definition) is 1. The molecule has 0 unspecified atom stereocenters. The maximum atomic E-state index is 9.79. The Kier molecular flexibility index (Phi) is 2.32. The molecule has 0 heterocycles. The first-order valence-electron chi connectivity index (χ1n) is 1.73. The van der Waals surface area contributed by atoms with Crippen molar-refractivity contribution >= 4 is 5.97 Å². The molecule has 0 amide bonds. The summed E-state index contributed by atoms with van der Waals surface area (Å²) in [6, 6.07) is 0. The molecule has 7 heavy (non-hydrogen) atoms. The van der Waals surface area contributed by atoms with Crippen molar-refractivity contribution in [3.8, 4) is 0 Å². The Morgan fingerprint density at radius 1 is 2.00 bits per heavy atom. The van der Waals surface area contributed by atoms with E-state index in [-0.39, 0.29) is 0 Å². The lowest BCUT2D eigenvalue weighted by atomic mass is 10.7. The van der Waals surface area contributed by atoms with Gasteiger partial charge in [0, 0.05) is 0 Å². The van der Waals surface area contributed by atoms with Crippen molar-refractivity contribution in [1.82, 2.24) is 5.06 Å². The van der Waals surface area contributed by atoms with Crippen LogP contribution in [0.1, 0.15) is 0 Å². The lowest BCUT2D eigenvalue weighted by Gasteiger charge is -2.17. The first-order chi connectivity index (χ1) is 3.13. The monoisotopic (exact) mass is 104 g/mol. The molecule has 0 spiro atoms. The molecule has 0 aliphatic carbocycles. The molecule has 0 saturated heterocycles. The summed E-state index contributed by atoms with van der Waals surface area (Å²) in [5.74, 6) is -1.10. The lowest BCUT2D eigenvalue weighted by molar-refractivity contribution is -0.137. The van der Waals surface area contributed by atoms with Crippen LogP contribution in [0.25, 0.3) is 0 Å². The topological polar surface area (TPSA) is 63.6 Å². The van der Waals surface area contributed by atoms with E-state index in [1.165, 1.54) is 0 Å². The lowest BCUT2D eigenvalue weighted by Crippen LogP contribution is -2.18. The Balaban J connectivity index is 3.13. The van der Waals surface area contributed by atoms with E-state index in [4.69, 9.17) is 5.11 Å². The number of carbonyl (C=O) groups is 1. The summed E-state index contributed by atoms with van der Waals surface area (Å²) in [7, 11) is 1.16. The molecule has 0 atom stereocenters. The molecular weight excluding hydrogens is 98.0 g/mol. The maximum Gasteiger partial charge on any atom is 0.316 e. The average molecular weight is 104 g/mol. The Morgan fingerprint density at radius 2 is 2.43 bits per heavy atom. The fraction of sp³-hybridized carbons (Fsp3) is 0.667. The Labute approximate surface area is 40.9 Å². The van der Waals surface area contributed by atoms with Gasteiger partial charge in [-0.2, -0.15) is 0 Å². The van der Waals surface area contributed by atoms with Crippen LogP contribution >= 0.6 is 0 Å². The zero-order valence-electron chi connectivity index (χ0n) is 3.92. The quantitative estimate of drug-likeness (QED) is 0.480.